The van der Waals surface area contributed by atoms with Crippen LogP contribution in [0.1, 0.15) is 5.56 Å². The Bertz CT molecular complexity index is 974. The molecular formula is C19H18O6. The van der Waals surface area contributed by atoms with Crippen LogP contribution in [0.4, 0.5) is 0 Å². The number of phenols is 1. The van der Waals surface area contributed by atoms with Crippen molar-refractivity contribution in [3.8, 4) is 28.4 Å². The zero-order valence-electron chi connectivity index (χ0n) is 14.2. The first kappa shape index (κ1) is 16.9. The van der Waals surface area contributed by atoms with Crippen molar-refractivity contribution < 1.29 is 23.7 Å². The van der Waals surface area contributed by atoms with Crippen molar-refractivity contribution in [2.75, 3.05) is 21.3 Å². The van der Waals surface area contributed by atoms with Crippen molar-refractivity contribution in [2.45, 2.75) is 6.61 Å². The molecule has 0 amide bonds. The SMILES string of the molecule is COCc1c(OC)cc2occ(-c3ccccc3OC)c(=O)c2c1O. The second kappa shape index (κ2) is 6.86. The monoisotopic (exact) mass is 342 g/mol. The molecular weight excluding hydrogens is 324 g/mol. The summed E-state index contributed by atoms with van der Waals surface area (Å²) >= 11 is 0. The highest BCUT2D eigenvalue weighted by Gasteiger charge is 2.20. The Hall–Kier alpha value is -2.99. The number of phenolic OH excluding ortho intramolecular Hbond substituents is 1. The minimum absolute atomic E-state index is 0.0799. The Kier molecular flexibility index (Phi) is 4.63. The van der Waals surface area contributed by atoms with E-state index in [9.17, 15) is 9.90 Å². The molecule has 0 fully saturated rings. The van der Waals surface area contributed by atoms with Gasteiger partial charge >= 0.3 is 0 Å². The number of methoxy groups -OCH3 is 3. The van der Waals surface area contributed by atoms with Crippen molar-refractivity contribution in [1.29, 1.82) is 0 Å². The van der Waals surface area contributed by atoms with Gasteiger partial charge in [0.15, 0.2) is 0 Å². The van der Waals surface area contributed by atoms with Crippen molar-refractivity contribution >= 4 is 11.0 Å². The van der Waals surface area contributed by atoms with E-state index in [1.165, 1.54) is 27.6 Å². The van der Waals surface area contributed by atoms with Crippen molar-refractivity contribution in [1.82, 2.24) is 0 Å². The highest BCUT2D eigenvalue weighted by molar-refractivity contribution is 5.90. The van der Waals surface area contributed by atoms with Crippen LogP contribution in [0.5, 0.6) is 17.2 Å². The van der Waals surface area contributed by atoms with Gasteiger partial charge in [0.25, 0.3) is 0 Å². The van der Waals surface area contributed by atoms with Gasteiger partial charge < -0.3 is 23.7 Å². The van der Waals surface area contributed by atoms with Crippen molar-refractivity contribution in [3.63, 3.8) is 0 Å². The summed E-state index contributed by atoms with van der Waals surface area (Å²) in [5.74, 6) is 0.723. The molecule has 1 N–H and O–H groups in total. The second-order valence-electron chi connectivity index (χ2n) is 5.39. The molecule has 3 rings (SSSR count). The lowest BCUT2D eigenvalue weighted by Gasteiger charge is -2.13. The van der Waals surface area contributed by atoms with Gasteiger partial charge in [-0.3, -0.25) is 4.79 Å². The van der Waals surface area contributed by atoms with E-state index in [1.807, 2.05) is 6.07 Å². The summed E-state index contributed by atoms with van der Waals surface area (Å²) in [4.78, 5) is 13.0. The van der Waals surface area contributed by atoms with E-state index in [0.717, 1.165) is 0 Å². The lowest BCUT2D eigenvalue weighted by molar-refractivity contribution is 0.179. The van der Waals surface area contributed by atoms with E-state index in [2.05, 4.69) is 0 Å². The van der Waals surface area contributed by atoms with E-state index in [1.54, 1.807) is 24.3 Å². The van der Waals surface area contributed by atoms with Gasteiger partial charge in [-0.25, -0.2) is 0 Å². The number of ether oxygens (including phenoxy) is 3. The van der Waals surface area contributed by atoms with Crippen LogP contribution < -0.4 is 14.9 Å². The fourth-order valence-corrected chi connectivity index (χ4v) is 2.80. The number of fused-ring (bicyclic) bond motifs is 1. The Morgan fingerprint density at radius 1 is 1.04 bits per heavy atom. The van der Waals surface area contributed by atoms with E-state index < -0.39 is 0 Å². The predicted molar refractivity (Wildman–Crippen MR) is 93.4 cm³/mol. The summed E-state index contributed by atoms with van der Waals surface area (Å²) < 4.78 is 21.3. The quantitative estimate of drug-likeness (QED) is 0.766. The molecule has 0 saturated heterocycles. The Balaban J connectivity index is 2.34. The van der Waals surface area contributed by atoms with Crippen molar-refractivity contribution in [3.05, 3.63) is 52.4 Å². The maximum Gasteiger partial charge on any atom is 0.204 e. The fraction of sp³-hybridized carbons (Fsp3) is 0.211. The van der Waals surface area contributed by atoms with Crippen LogP contribution >= 0.6 is 0 Å². The first-order valence-electron chi connectivity index (χ1n) is 7.59. The van der Waals surface area contributed by atoms with Gasteiger partial charge in [0.05, 0.1) is 32.0 Å². The third-order valence-corrected chi connectivity index (χ3v) is 4.01. The Morgan fingerprint density at radius 2 is 1.76 bits per heavy atom. The minimum atomic E-state index is -0.358. The van der Waals surface area contributed by atoms with Crippen LogP contribution in [0.3, 0.4) is 0 Å². The molecule has 0 saturated carbocycles. The molecule has 0 aliphatic heterocycles. The van der Waals surface area contributed by atoms with Crippen LogP contribution in [0.25, 0.3) is 22.1 Å². The topological polar surface area (TPSA) is 78.1 Å². The summed E-state index contributed by atoms with van der Waals surface area (Å²) in [6.07, 6.45) is 1.36. The molecule has 2 aromatic carbocycles. The van der Waals surface area contributed by atoms with Gasteiger partial charge in [-0.1, -0.05) is 18.2 Å². The second-order valence-corrected chi connectivity index (χ2v) is 5.39. The summed E-state index contributed by atoms with van der Waals surface area (Å²) in [7, 11) is 4.50. The summed E-state index contributed by atoms with van der Waals surface area (Å²) in [5, 5.41) is 10.7. The molecule has 25 heavy (non-hydrogen) atoms. The molecule has 1 heterocycles. The first-order chi connectivity index (χ1) is 12.1. The minimum Gasteiger partial charge on any atom is -0.507 e. The smallest absolute Gasteiger partial charge is 0.204 e. The van der Waals surface area contributed by atoms with Crippen LogP contribution in [0, 0.1) is 0 Å². The number of para-hydroxylation sites is 1. The number of rotatable bonds is 5. The molecule has 0 spiro atoms. The Labute approximate surface area is 144 Å². The molecule has 1 aromatic heterocycles. The molecule has 6 nitrogen and oxygen atoms in total. The number of hydrogen-bond acceptors (Lipinski definition) is 6. The fourth-order valence-electron chi connectivity index (χ4n) is 2.80. The maximum atomic E-state index is 13.0. The van der Waals surface area contributed by atoms with Crippen molar-refractivity contribution in [2.24, 2.45) is 0 Å². The average molecular weight is 342 g/mol. The maximum absolute atomic E-state index is 13.0. The van der Waals surface area contributed by atoms with Gasteiger partial charge in [0.1, 0.15) is 34.5 Å². The van der Waals surface area contributed by atoms with E-state index >= 15 is 0 Å². The highest BCUT2D eigenvalue weighted by Crippen LogP contribution is 2.37. The van der Waals surface area contributed by atoms with E-state index in [4.69, 9.17) is 18.6 Å². The molecule has 0 radical (unpaired) electrons. The normalized spacial score (nSPS) is 10.8. The molecule has 0 atom stereocenters. The number of hydrogen-bond donors (Lipinski definition) is 1. The lowest BCUT2D eigenvalue weighted by Crippen LogP contribution is -2.07. The predicted octanol–water partition coefficient (Wildman–Crippen LogP) is 3.33. The zero-order chi connectivity index (χ0) is 18.0. The zero-order valence-corrected chi connectivity index (χ0v) is 14.2. The van der Waals surface area contributed by atoms with Gasteiger partial charge in [-0.2, -0.15) is 0 Å². The van der Waals surface area contributed by atoms with E-state index in [-0.39, 0.29) is 28.8 Å². The van der Waals surface area contributed by atoms with Gasteiger partial charge in [-0.15, -0.1) is 0 Å². The Morgan fingerprint density at radius 3 is 2.44 bits per heavy atom. The van der Waals surface area contributed by atoms with Crippen LogP contribution in [-0.4, -0.2) is 26.4 Å². The third kappa shape index (κ3) is 2.81. The first-order valence-corrected chi connectivity index (χ1v) is 7.59. The van der Waals surface area contributed by atoms with Crippen LogP contribution in [0.2, 0.25) is 0 Å². The summed E-state index contributed by atoms with van der Waals surface area (Å²) in [5.41, 5.74) is 1.15. The average Bonchev–Trinajstić information content (AvgIpc) is 2.64. The molecule has 0 aliphatic carbocycles. The van der Waals surface area contributed by atoms with Gasteiger partial charge in [0, 0.05) is 18.7 Å². The van der Waals surface area contributed by atoms with Crippen LogP contribution in [0.15, 0.2) is 45.8 Å². The molecule has 0 aliphatic rings. The molecule has 0 bridgehead atoms. The molecule has 130 valence electrons. The highest BCUT2D eigenvalue weighted by atomic mass is 16.5. The lowest BCUT2D eigenvalue weighted by atomic mass is 10.0. The van der Waals surface area contributed by atoms with Gasteiger partial charge in [0.2, 0.25) is 5.43 Å². The molecule has 0 unspecified atom stereocenters. The third-order valence-electron chi connectivity index (χ3n) is 4.01. The standard InChI is InChI=1S/C19H18O6/c1-22-9-13-15(24-3)8-16-17(19(13)21)18(20)12(10-25-16)11-6-4-5-7-14(11)23-2/h4-8,10,21H,9H2,1-3H3. The largest absolute Gasteiger partial charge is 0.507 e. The van der Waals surface area contributed by atoms with E-state index in [0.29, 0.717) is 28.2 Å². The number of aromatic hydroxyl groups is 1. The number of benzene rings is 2. The van der Waals surface area contributed by atoms with Crippen LogP contribution in [-0.2, 0) is 11.3 Å². The molecule has 6 heteroatoms. The molecule has 3 aromatic rings. The van der Waals surface area contributed by atoms with Gasteiger partial charge in [-0.05, 0) is 6.07 Å². The summed E-state index contributed by atoms with van der Waals surface area (Å²) in [6.45, 7) is 0.100. The summed E-state index contributed by atoms with van der Waals surface area (Å²) in [6, 6.07) is 8.68.